The number of carbonyl (C=O) groups excluding carboxylic acids is 1. The van der Waals surface area contributed by atoms with Crippen molar-refractivity contribution in [3.8, 4) is 0 Å². The molecule has 1 N–H and O–H groups in total. The first-order valence-corrected chi connectivity index (χ1v) is 6.38. The van der Waals surface area contributed by atoms with Crippen molar-refractivity contribution >= 4 is 5.91 Å². The molecule has 1 aromatic rings. The molecule has 2 rings (SSSR count). The fraction of sp³-hybridized carbons (Fsp3) is 0.667. The van der Waals surface area contributed by atoms with Crippen molar-refractivity contribution in [2.45, 2.75) is 38.0 Å². The third-order valence-corrected chi connectivity index (χ3v) is 3.04. The number of amides is 1. The average Bonchev–Trinajstić information content (AvgIpc) is 2.81. The Morgan fingerprint density at radius 1 is 1.55 bits per heavy atom. The standard InChI is InChI=1S/C12H16F3N3O2/c13-12(14,15)8-20-6-3-11(19)17-9-1-2-10-16-4-5-18(10)7-9/h4-5,9H,1-3,6-8H2,(H,17,19)/t9-/m1/s1. The Morgan fingerprint density at radius 2 is 2.35 bits per heavy atom. The maximum Gasteiger partial charge on any atom is 0.411 e. The largest absolute Gasteiger partial charge is 0.411 e. The zero-order valence-electron chi connectivity index (χ0n) is 10.8. The zero-order valence-corrected chi connectivity index (χ0v) is 10.8. The van der Waals surface area contributed by atoms with Crippen molar-refractivity contribution in [2.24, 2.45) is 0 Å². The molecule has 0 unspecified atom stereocenters. The minimum absolute atomic E-state index is 0.00758. The predicted molar refractivity (Wildman–Crippen MR) is 64.0 cm³/mol. The molecular weight excluding hydrogens is 275 g/mol. The van der Waals surface area contributed by atoms with Crippen molar-refractivity contribution in [1.82, 2.24) is 14.9 Å². The SMILES string of the molecule is O=C(CCOCC(F)(F)F)N[C@@H]1CCc2nccn2C1. The minimum Gasteiger partial charge on any atom is -0.372 e. The second kappa shape index (κ2) is 6.25. The van der Waals surface area contributed by atoms with Crippen LogP contribution >= 0.6 is 0 Å². The second-order valence-electron chi connectivity index (χ2n) is 4.72. The van der Waals surface area contributed by atoms with E-state index in [0.29, 0.717) is 6.54 Å². The van der Waals surface area contributed by atoms with Crippen LogP contribution in [-0.2, 0) is 22.5 Å². The van der Waals surface area contributed by atoms with Crippen LogP contribution in [0.4, 0.5) is 13.2 Å². The monoisotopic (exact) mass is 291 g/mol. The van der Waals surface area contributed by atoms with Crippen molar-refractivity contribution in [3.63, 3.8) is 0 Å². The quantitative estimate of drug-likeness (QED) is 0.832. The number of aromatic nitrogens is 2. The highest BCUT2D eigenvalue weighted by molar-refractivity contribution is 5.76. The minimum atomic E-state index is -4.35. The summed E-state index contributed by atoms with van der Waals surface area (Å²) < 4.78 is 41.9. The molecule has 0 fully saturated rings. The lowest BCUT2D eigenvalue weighted by molar-refractivity contribution is -0.174. The van der Waals surface area contributed by atoms with Gasteiger partial charge in [-0.3, -0.25) is 4.79 Å². The molecule has 0 saturated heterocycles. The number of nitrogens with one attached hydrogen (secondary N) is 1. The van der Waals surface area contributed by atoms with E-state index in [4.69, 9.17) is 0 Å². The number of carbonyl (C=O) groups is 1. The molecule has 0 aromatic carbocycles. The van der Waals surface area contributed by atoms with Crippen LogP contribution < -0.4 is 5.32 Å². The van der Waals surface area contributed by atoms with E-state index >= 15 is 0 Å². The number of hydrogen-bond donors (Lipinski definition) is 1. The van der Waals surface area contributed by atoms with Crippen LogP contribution in [0.15, 0.2) is 12.4 Å². The number of rotatable bonds is 5. The van der Waals surface area contributed by atoms with Gasteiger partial charge in [0.25, 0.3) is 0 Å². The highest BCUT2D eigenvalue weighted by Crippen LogP contribution is 2.15. The first-order valence-electron chi connectivity index (χ1n) is 6.38. The van der Waals surface area contributed by atoms with Crippen LogP contribution in [-0.4, -0.2) is 40.9 Å². The molecule has 1 atom stereocenters. The molecule has 20 heavy (non-hydrogen) atoms. The van der Waals surface area contributed by atoms with Crippen molar-refractivity contribution in [1.29, 1.82) is 0 Å². The summed E-state index contributed by atoms with van der Waals surface area (Å²) in [5.74, 6) is 0.699. The number of nitrogens with zero attached hydrogens (tertiary/aromatic N) is 2. The third kappa shape index (κ3) is 4.52. The molecule has 0 spiro atoms. The average molecular weight is 291 g/mol. The molecule has 8 heteroatoms. The van der Waals surface area contributed by atoms with Gasteiger partial charge in [-0.15, -0.1) is 0 Å². The van der Waals surface area contributed by atoms with Gasteiger partial charge in [0.05, 0.1) is 6.61 Å². The number of halogens is 3. The maximum atomic E-state index is 11.8. The van der Waals surface area contributed by atoms with Gasteiger partial charge in [0.2, 0.25) is 5.91 Å². The van der Waals surface area contributed by atoms with Gasteiger partial charge in [0.15, 0.2) is 0 Å². The predicted octanol–water partition coefficient (Wildman–Crippen LogP) is 1.28. The molecule has 0 aliphatic carbocycles. The molecular formula is C12H16F3N3O2. The Labute approximate surface area is 114 Å². The molecule has 1 aromatic heterocycles. The molecule has 1 aliphatic heterocycles. The molecule has 5 nitrogen and oxygen atoms in total. The fourth-order valence-electron chi connectivity index (χ4n) is 2.14. The highest BCUT2D eigenvalue weighted by atomic mass is 19.4. The molecule has 1 amide bonds. The Kier molecular flexibility index (Phi) is 4.64. The van der Waals surface area contributed by atoms with Gasteiger partial charge in [-0.05, 0) is 6.42 Å². The van der Waals surface area contributed by atoms with Crippen LogP contribution in [0.2, 0.25) is 0 Å². The number of ether oxygens (including phenoxy) is 1. The number of hydrogen-bond acceptors (Lipinski definition) is 3. The Hall–Kier alpha value is -1.57. The van der Waals surface area contributed by atoms with Crippen LogP contribution in [0.3, 0.4) is 0 Å². The van der Waals surface area contributed by atoms with E-state index in [9.17, 15) is 18.0 Å². The van der Waals surface area contributed by atoms with Crippen molar-refractivity contribution in [2.75, 3.05) is 13.2 Å². The van der Waals surface area contributed by atoms with E-state index < -0.39 is 12.8 Å². The van der Waals surface area contributed by atoms with Crippen LogP contribution in [0, 0.1) is 0 Å². The van der Waals surface area contributed by atoms with Gasteiger partial charge in [0.1, 0.15) is 12.4 Å². The van der Waals surface area contributed by atoms with E-state index in [1.54, 1.807) is 6.20 Å². The summed E-state index contributed by atoms with van der Waals surface area (Å²) in [7, 11) is 0. The summed E-state index contributed by atoms with van der Waals surface area (Å²) in [5, 5.41) is 2.80. The van der Waals surface area contributed by atoms with Crippen LogP contribution in [0.25, 0.3) is 0 Å². The lowest BCUT2D eigenvalue weighted by Gasteiger charge is -2.24. The third-order valence-electron chi connectivity index (χ3n) is 3.04. The van der Waals surface area contributed by atoms with Gasteiger partial charge in [-0.2, -0.15) is 13.2 Å². The Morgan fingerprint density at radius 3 is 3.10 bits per heavy atom. The van der Waals surface area contributed by atoms with E-state index in [1.165, 1.54) is 0 Å². The fourth-order valence-corrected chi connectivity index (χ4v) is 2.14. The van der Waals surface area contributed by atoms with Crippen molar-refractivity contribution in [3.05, 3.63) is 18.2 Å². The second-order valence-corrected chi connectivity index (χ2v) is 4.72. The molecule has 2 heterocycles. The number of alkyl halides is 3. The summed E-state index contributed by atoms with van der Waals surface area (Å²) in [5.41, 5.74) is 0. The first kappa shape index (κ1) is 14.8. The summed E-state index contributed by atoms with van der Waals surface area (Å²) in [6.07, 6.45) is 0.709. The van der Waals surface area contributed by atoms with Crippen LogP contribution in [0.5, 0.6) is 0 Å². The van der Waals surface area contributed by atoms with Gasteiger partial charge >= 0.3 is 6.18 Å². The summed E-state index contributed by atoms with van der Waals surface area (Å²) in [4.78, 5) is 15.8. The van der Waals surface area contributed by atoms with Gasteiger partial charge in [-0.1, -0.05) is 0 Å². The molecule has 1 aliphatic rings. The van der Waals surface area contributed by atoms with Gasteiger partial charge < -0.3 is 14.6 Å². The van der Waals surface area contributed by atoms with E-state index in [-0.39, 0.29) is 25.0 Å². The lowest BCUT2D eigenvalue weighted by Crippen LogP contribution is -2.41. The molecule has 112 valence electrons. The highest BCUT2D eigenvalue weighted by Gasteiger charge is 2.27. The van der Waals surface area contributed by atoms with Gasteiger partial charge in [0, 0.05) is 37.8 Å². The maximum absolute atomic E-state index is 11.8. The smallest absolute Gasteiger partial charge is 0.372 e. The van der Waals surface area contributed by atoms with Crippen LogP contribution in [0.1, 0.15) is 18.7 Å². The van der Waals surface area contributed by atoms with E-state index in [1.807, 2.05) is 10.8 Å². The molecule has 0 bridgehead atoms. The van der Waals surface area contributed by atoms with E-state index in [0.717, 1.165) is 18.7 Å². The Balaban J connectivity index is 1.66. The molecule has 0 radical (unpaired) electrons. The summed E-state index contributed by atoms with van der Waals surface area (Å²) in [6, 6.07) is -0.00758. The molecule has 0 saturated carbocycles. The first-order chi connectivity index (χ1) is 9.44. The topological polar surface area (TPSA) is 56.1 Å². The number of aryl methyl sites for hydroxylation is 1. The number of imidazole rings is 1. The van der Waals surface area contributed by atoms with Gasteiger partial charge in [-0.25, -0.2) is 4.98 Å². The Bertz CT molecular complexity index is 459. The van der Waals surface area contributed by atoms with Crippen molar-refractivity contribution < 1.29 is 22.7 Å². The van der Waals surface area contributed by atoms with E-state index in [2.05, 4.69) is 15.0 Å². The summed E-state index contributed by atoms with van der Waals surface area (Å²) >= 11 is 0. The lowest BCUT2D eigenvalue weighted by atomic mass is 10.1. The zero-order chi connectivity index (χ0) is 14.6. The normalized spacial score (nSPS) is 18.6. The summed E-state index contributed by atoms with van der Waals surface area (Å²) in [6.45, 7) is -0.902. The number of fused-ring (bicyclic) bond motifs is 1.